The van der Waals surface area contributed by atoms with Crippen LogP contribution in [0.1, 0.15) is 25.1 Å². The number of hydrogen-bond acceptors (Lipinski definition) is 6. The molecular formula is C21H22F2N4O4S. The summed E-state index contributed by atoms with van der Waals surface area (Å²) < 4.78 is 69.5. The molecule has 0 bridgehead atoms. The summed E-state index contributed by atoms with van der Waals surface area (Å²) in [7, 11) is -1.59. The van der Waals surface area contributed by atoms with Crippen LogP contribution in [-0.2, 0) is 23.0 Å². The lowest BCUT2D eigenvalue weighted by atomic mass is 10.1. The van der Waals surface area contributed by atoms with Crippen molar-refractivity contribution in [2.75, 3.05) is 18.9 Å². The van der Waals surface area contributed by atoms with Gasteiger partial charge in [0.2, 0.25) is 0 Å². The molecule has 0 saturated carbocycles. The summed E-state index contributed by atoms with van der Waals surface area (Å²) in [4.78, 5) is -0.249. The first-order valence-electron chi connectivity index (χ1n) is 10.0. The molecule has 0 radical (unpaired) electrons. The number of nitrogens with one attached hydrogen (secondary N) is 1. The van der Waals surface area contributed by atoms with E-state index >= 15 is 0 Å². The third-order valence-electron chi connectivity index (χ3n) is 5.31. The van der Waals surface area contributed by atoms with E-state index in [0.717, 1.165) is 31.2 Å². The number of anilines is 1. The highest BCUT2D eigenvalue weighted by Gasteiger charge is 2.25. The van der Waals surface area contributed by atoms with Crippen LogP contribution in [0.5, 0.6) is 11.5 Å². The molecule has 0 atom stereocenters. The number of fused-ring (bicyclic) bond motifs is 1. The standard InChI is InChI=1S/C21H22F2N4O4S/c1-30-13-7-8-18(31-2)19(10-13)32(28,29)26-17-11-14(15(22)12-16(17)23)21-25-24-20-6-4-3-5-9-27(20)21/h7-8,10-12,26H,3-6,9H2,1-2H3. The smallest absolute Gasteiger partial charge is 0.265 e. The summed E-state index contributed by atoms with van der Waals surface area (Å²) in [6, 6.07) is 5.93. The lowest BCUT2D eigenvalue weighted by Crippen LogP contribution is -2.16. The Morgan fingerprint density at radius 1 is 1.00 bits per heavy atom. The molecular weight excluding hydrogens is 442 g/mol. The minimum Gasteiger partial charge on any atom is -0.497 e. The Labute approximate surface area is 184 Å². The Bertz CT molecular complexity index is 1260. The maximum absolute atomic E-state index is 14.7. The van der Waals surface area contributed by atoms with Crippen LogP contribution in [-0.4, -0.2) is 37.4 Å². The van der Waals surface area contributed by atoms with Crippen LogP contribution in [0.2, 0.25) is 0 Å². The first-order valence-corrected chi connectivity index (χ1v) is 11.5. The fraction of sp³-hybridized carbons (Fsp3) is 0.333. The molecule has 1 N–H and O–H groups in total. The Kier molecular flexibility index (Phi) is 6.00. The Morgan fingerprint density at radius 3 is 2.56 bits per heavy atom. The molecule has 32 heavy (non-hydrogen) atoms. The zero-order valence-corrected chi connectivity index (χ0v) is 18.4. The highest BCUT2D eigenvalue weighted by molar-refractivity contribution is 7.92. The number of ether oxygens (including phenoxy) is 2. The monoisotopic (exact) mass is 464 g/mol. The van der Waals surface area contributed by atoms with Crippen molar-refractivity contribution in [1.82, 2.24) is 14.8 Å². The summed E-state index contributed by atoms with van der Waals surface area (Å²) in [5.41, 5.74) is -0.459. The first kappa shape index (κ1) is 22.0. The molecule has 0 unspecified atom stereocenters. The minimum absolute atomic E-state index is 0.0395. The summed E-state index contributed by atoms with van der Waals surface area (Å²) in [6.45, 7) is 0.608. The van der Waals surface area contributed by atoms with Gasteiger partial charge in [-0.1, -0.05) is 6.42 Å². The van der Waals surface area contributed by atoms with Crippen LogP contribution < -0.4 is 14.2 Å². The van der Waals surface area contributed by atoms with Crippen molar-refractivity contribution >= 4 is 15.7 Å². The van der Waals surface area contributed by atoms with Crippen LogP contribution in [0.4, 0.5) is 14.5 Å². The SMILES string of the molecule is COc1ccc(OC)c(S(=O)(=O)Nc2cc(-c3nnc4n3CCCCC4)c(F)cc2F)c1. The molecule has 4 rings (SSSR count). The van der Waals surface area contributed by atoms with Gasteiger partial charge in [-0.15, -0.1) is 10.2 Å². The fourth-order valence-corrected chi connectivity index (χ4v) is 4.92. The number of hydrogen-bond donors (Lipinski definition) is 1. The molecule has 3 aromatic rings. The molecule has 0 spiro atoms. The summed E-state index contributed by atoms with van der Waals surface area (Å²) >= 11 is 0. The molecule has 0 fully saturated rings. The van der Waals surface area contributed by atoms with Gasteiger partial charge < -0.3 is 14.0 Å². The zero-order chi connectivity index (χ0) is 22.9. The highest BCUT2D eigenvalue weighted by Crippen LogP contribution is 2.33. The number of aromatic nitrogens is 3. The van der Waals surface area contributed by atoms with E-state index in [4.69, 9.17) is 9.47 Å². The third kappa shape index (κ3) is 4.12. The number of benzene rings is 2. The molecule has 1 aromatic heterocycles. The van der Waals surface area contributed by atoms with Gasteiger partial charge in [0.25, 0.3) is 10.0 Å². The molecule has 1 aliphatic rings. The van der Waals surface area contributed by atoms with Crippen molar-refractivity contribution < 1.29 is 26.7 Å². The number of aryl methyl sites for hydroxylation is 1. The summed E-state index contributed by atoms with van der Waals surface area (Å²) in [5, 5.41) is 8.22. The van der Waals surface area contributed by atoms with Crippen LogP contribution in [0.25, 0.3) is 11.4 Å². The van der Waals surface area contributed by atoms with Gasteiger partial charge in [-0.2, -0.15) is 0 Å². The van der Waals surface area contributed by atoms with Crippen molar-refractivity contribution in [3.8, 4) is 22.9 Å². The van der Waals surface area contributed by atoms with E-state index in [1.54, 1.807) is 4.57 Å². The molecule has 2 aromatic carbocycles. The van der Waals surface area contributed by atoms with E-state index < -0.39 is 27.3 Å². The fourth-order valence-electron chi connectivity index (χ4n) is 3.68. The molecule has 8 nitrogen and oxygen atoms in total. The second kappa shape index (κ2) is 8.73. The van der Waals surface area contributed by atoms with Gasteiger partial charge >= 0.3 is 0 Å². The van der Waals surface area contributed by atoms with E-state index in [-0.39, 0.29) is 27.8 Å². The second-order valence-corrected chi connectivity index (χ2v) is 8.99. The van der Waals surface area contributed by atoms with Crippen molar-refractivity contribution in [3.63, 3.8) is 0 Å². The maximum Gasteiger partial charge on any atom is 0.265 e. The number of methoxy groups -OCH3 is 2. The van der Waals surface area contributed by atoms with E-state index in [0.29, 0.717) is 19.0 Å². The predicted molar refractivity (Wildman–Crippen MR) is 113 cm³/mol. The second-order valence-electron chi connectivity index (χ2n) is 7.34. The number of rotatable bonds is 6. The topological polar surface area (TPSA) is 95.3 Å². The van der Waals surface area contributed by atoms with Crippen molar-refractivity contribution in [2.24, 2.45) is 0 Å². The van der Waals surface area contributed by atoms with Crippen LogP contribution >= 0.6 is 0 Å². The molecule has 11 heteroatoms. The van der Waals surface area contributed by atoms with Crippen LogP contribution in [0, 0.1) is 11.6 Å². The third-order valence-corrected chi connectivity index (χ3v) is 6.70. The number of nitrogens with zero attached hydrogens (tertiary/aromatic N) is 3. The van der Waals surface area contributed by atoms with Gasteiger partial charge in [0.1, 0.15) is 33.9 Å². The molecule has 0 aliphatic carbocycles. The first-order chi connectivity index (χ1) is 15.3. The van der Waals surface area contributed by atoms with Crippen molar-refractivity contribution in [2.45, 2.75) is 37.1 Å². The van der Waals surface area contributed by atoms with E-state index in [9.17, 15) is 17.2 Å². The van der Waals surface area contributed by atoms with Gasteiger partial charge in [-0.05, 0) is 31.0 Å². The lowest BCUT2D eigenvalue weighted by Gasteiger charge is -2.15. The molecule has 0 amide bonds. The maximum atomic E-state index is 14.7. The Balaban J connectivity index is 1.76. The van der Waals surface area contributed by atoms with E-state index in [2.05, 4.69) is 14.9 Å². The Hall–Kier alpha value is -3.21. The molecule has 0 saturated heterocycles. The minimum atomic E-state index is -4.29. The Morgan fingerprint density at radius 2 is 1.81 bits per heavy atom. The zero-order valence-electron chi connectivity index (χ0n) is 17.6. The molecule has 1 aliphatic heterocycles. The van der Waals surface area contributed by atoms with Gasteiger partial charge in [-0.25, -0.2) is 17.2 Å². The van der Waals surface area contributed by atoms with E-state index in [1.165, 1.54) is 32.4 Å². The average molecular weight is 464 g/mol. The van der Waals surface area contributed by atoms with E-state index in [1.807, 2.05) is 0 Å². The van der Waals surface area contributed by atoms with Crippen molar-refractivity contribution in [3.05, 3.63) is 47.8 Å². The number of sulfonamides is 1. The highest BCUT2D eigenvalue weighted by atomic mass is 32.2. The van der Waals surface area contributed by atoms with Gasteiger partial charge in [0, 0.05) is 25.1 Å². The predicted octanol–water partition coefficient (Wildman–Crippen LogP) is 3.77. The quantitative estimate of drug-likeness (QED) is 0.597. The van der Waals surface area contributed by atoms with Gasteiger partial charge in [-0.3, -0.25) is 4.72 Å². The summed E-state index contributed by atoms with van der Waals surface area (Å²) in [5.74, 6) is -0.638. The molecule has 2 heterocycles. The van der Waals surface area contributed by atoms with Crippen LogP contribution in [0.3, 0.4) is 0 Å². The largest absolute Gasteiger partial charge is 0.497 e. The average Bonchev–Trinajstić information content (AvgIpc) is 3.02. The van der Waals surface area contributed by atoms with Gasteiger partial charge in [0.15, 0.2) is 5.82 Å². The van der Waals surface area contributed by atoms with Gasteiger partial charge in [0.05, 0.1) is 25.5 Å². The summed E-state index contributed by atoms with van der Waals surface area (Å²) in [6.07, 6.45) is 3.57. The van der Waals surface area contributed by atoms with Crippen molar-refractivity contribution in [1.29, 1.82) is 0 Å². The lowest BCUT2D eigenvalue weighted by molar-refractivity contribution is 0.392. The van der Waals surface area contributed by atoms with Crippen LogP contribution in [0.15, 0.2) is 35.2 Å². The number of halogens is 2. The molecule has 170 valence electrons. The normalized spacial score (nSPS) is 13.9.